The van der Waals surface area contributed by atoms with Gasteiger partial charge in [0, 0.05) is 6.04 Å². The summed E-state index contributed by atoms with van der Waals surface area (Å²) < 4.78 is 5.92. The highest BCUT2D eigenvalue weighted by Crippen LogP contribution is 2.32. The van der Waals surface area contributed by atoms with Gasteiger partial charge in [0.1, 0.15) is 12.4 Å². The van der Waals surface area contributed by atoms with Gasteiger partial charge in [0.25, 0.3) is 0 Å². The third-order valence-electron chi connectivity index (χ3n) is 3.93. The maximum absolute atomic E-state index is 6.05. The summed E-state index contributed by atoms with van der Waals surface area (Å²) in [7, 11) is 0. The van der Waals surface area contributed by atoms with Crippen LogP contribution in [0.25, 0.3) is 0 Å². The minimum Gasteiger partial charge on any atom is -0.489 e. The van der Waals surface area contributed by atoms with E-state index in [4.69, 9.17) is 10.5 Å². The molecule has 3 rings (SSSR count). The van der Waals surface area contributed by atoms with E-state index in [1.54, 1.807) is 0 Å². The molecular weight excluding hydrogens is 246 g/mol. The Labute approximate surface area is 120 Å². The SMILES string of the molecule is Cc1cc(C)cc(COc2ccc3c(c2)CC[C@H]3N)c1. The molecule has 0 aliphatic heterocycles. The molecule has 2 aromatic carbocycles. The Morgan fingerprint density at radius 3 is 2.60 bits per heavy atom. The highest BCUT2D eigenvalue weighted by atomic mass is 16.5. The van der Waals surface area contributed by atoms with Crippen molar-refractivity contribution in [3.63, 3.8) is 0 Å². The fourth-order valence-corrected chi connectivity index (χ4v) is 3.04. The van der Waals surface area contributed by atoms with Crippen molar-refractivity contribution in [1.82, 2.24) is 0 Å². The summed E-state index contributed by atoms with van der Waals surface area (Å²) >= 11 is 0. The highest BCUT2D eigenvalue weighted by Gasteiger charge is 2.19. The molecule has 0 radical (unpaired) electrons. The van der Waals surface area contributed by atoms with Gasteiger partial charge in [0.15, 0.2) is 0 Å². The van der Waals surface area contributed by atoms with Crippen LogP contribution in [0.4, 0.5) is 0 Å². The zero-order valence-electron chi connectivity index (χ0n) is 12.1. The standard InChI is InChI=1S/C18H21NO/c1-12-7-13(2)9-14(8-12)11-20-16-4-5-17-15(10-16)3-6-18(17)19/h4-5,7-10,18H,3,6,11,19H2,1-2H3/t18-/m1/s1. The van der Waals surface area contributed by atoms with Crippen LogP contribution in [0.3, 0.4) is 0 Å². The van der Waals surface area contributed by atoms with Crippen LogP contribution >= 0.6 is 0 Å². The fraction of sp³-hybridized carbons (Fsp3) is 0.333. The molecule has 0 unspecified atom stereocenters. The Morgan fingerprint density at radius 1 is 1.10 bits per heavy atom. The molecule has 0 saturated heterocycles. The van der Waals surface area contributed by atoms with Crippen molar-refractivity contribution in [2.75, 3.05) is 0 Å². The molecule has 20 heavy (non-hydrogen) atoms. The van der Waals surface area contributed by atoms with Gasteiger partial charge in [-0.05, 0) is 55.5 Å². The summed E-state index contributed by atoms with van der Waals surface area (Å²) in [5, 5.41) is 0. The zero-order valence-corrected chi connectivity index (χ0v) is 12.1. The molecule has 2 N–H and O–H groups in total. The first-order chi connectivity index (χ1) is 9.61. The summed E-state index contributed by atoms with van der Waals surface area (Å²) in [4.78, 5) is 0. The topological polar surface area (TPSA) is 35.2 Å². The predicted molar refractivity (Wildman–Crippen MR) is 81.9 cm³/mol. The van der Waals surface area contributed by atoms with Crippen LogP contribution < -0.4 is 10.5 Å². The summed E-state index contributed by atoms with van der Waals surface area (Å²) in [6, 6.07) is 13.0. The number of benzene rings is 2. The number of hydrogen-bond donors (Lipinski definition) is 1. The molecule has 0 saturated carbocycles. The Balaban J connectivity index is 1.72. The second-order valence-corrected chi connectivity index (χ2v) is 5.79. The lowest BCUT2D eigenvalue weighted by molar-refractivity contribution is 0.306. The molecular formula is C18H21NO. The number of ether oxygens (including phenoxy) is 1. The normalized spacial score (nSPS) is 17.1. The van der Waals surface area contributed by atoms with Gasteiger partial charge in [0.05, 0.1) is 0 Å². The number of nitrogens with two attached hydrogens (primary N) is 1. The maximum atomic E-state index is 6.05. The van der Waals surface area contributed by atoms with E-state index in [-0.39, 0.29) is 6.04 Å². The molecule has 0 spiro atoms. The monoisotopic (exact) mass is 267 g/mol. The van der Waals surface area contributed by atoms with Crippen LogP contribution in [0.2, 0.25) is 0 Å². The van der Waals surface area contributed by atoms with Crippen LogP contribution in [0.15, 0.2) is 36.4 Å². The number of fused-ring (bicyclic) bond motifs is 1. The molecule has 2 heteroatoms. The first-order valence-electron chi connectivity index (χ1n) is 7.20. The van der Waals surface area contributed by atoms with Crippen LogP contribution in [-0.2, 0) is 13.0 Å². The molecule has 0 amide bonds. The van der Waals surface area contributed by atoms with Crippen molar-refractivity contribution in [2.45, 2.75) is 39.3 Å². The van der Waals surface area contributed by atoms with Crippen LogP contribution in [0.5, 0.6) is 5.75 Å². The van der Waals surface area contributed by atoms with Crippen molar-refractivity contribution < 1.29 is 4.74 Å². The molecule has 0 heterocycles. The molecule has 0 bridgehead atoms. The minimum atomic E-state index is 0.207. The summed E-state index contributed by atoms with van der Waals surface area (Å²) in [6.45, 7) is 4.86. The number of hydrogen-bond acceptors (Lipinski definition) is 2. The van der Waals surface area contributed by atoms with Gasteiger partial charge in [-0.25, -0.2) is 0 Å². The van der Waals surface area contributed by atoms with Crippen molar-refractivity contribution in [3.8, 4) is 5.75 Å². The molecule has 1 aliphatic carbocycles. The number of aryl methyl sites for hydroxylation is 3. The molecule has 1 aliphatic rings. The van der Waals surface area contributed by atoms with Crippen molar-refractivity contribution in [2.24, 2.45) is 5.73 Å². The van der Waals surface area contributed by atoms with Gasteiger partial charge in [-0.2, -0.15) is 0 Å². The van der Waals surface area contributed by atoms with Gasteiger partial charge < -0.3 is 10.5 Å². The second kappa shape index (κ2) is 5.29. The molecule has 0 aromatic heterocycles. The van der Waals surface area contributed by atoms with Gasteiger partial charge in [-0.15, -0.1) is 0 Å². The van der Waals surface area contributed by atoms with E-state index < -0.39 is 0 Å². The Morgan fingerprint density at radius 2 is 1.85 bits per heavy atom. The molecule has 0 fully saturated rings. The van der Waals surface area contributed by atoms with Crippen LogP contribution in [0.1, 0.15) is 40.3 Å². The van der Waals surface area contributed by atoms with Gasteiger partial charge in [0.2, 0.25) is 0 Å². The van der Waals surface area contributed by atoms with Crippen LogP contribution in [-0.4, -0.2) is 0 Å². The van der Waals surface area contributed by atoms with E-state index in [1.807, 2.05) is 6.07 Å². The van der Waals surface area contributed by atoms with Crippen molar-refractivity contribution in [1.29, 1.82) is 0 Å². The first kappa shape index (κ1) is 13.2. The molecule has 2 nitrogen and oxygen atoms in total. The fourth-order valence-electron chi connectivity index (χ4n) is 3.04. The summed E-state index contributed by atoms with van der Waals surface area (Å²) in [6.07, 6.45) is 2.12. The number of rotatable bonds is 3. The van der Waals surface area contributed by atoms with Gasteiger partial charge in [-0.3, -0.25) is 0 Å². The Bertz CT molecular complexity index is 613. The lowest BCUT2D eigenvalue weighted by Crippen LogP contribution is -2.05. The molecule has 1 atom stereocenters. The second-order valence-electron chi connectivity index (χ2n) is 5.79. The highest BCUT2D eigenvalue weighted by molar-refractivity contribution is 5.40. The lowest BCUT2D eigenvalue weighted by atomic mass is 10.1. The van der Waals surface area contributed by atoms with Crippen LogP contribution in [0, 0.1) is 13.8 Å². The molecule has 104 valence electrons. The predicted octanol–water partition coefficient (Wildman–Crippen LogP) is 3.83. The Kier molecular flexibility index (Phi) is 3.49. The van der Waals surface area contributed by atoms with E-state index in [2.05, 4.69) is 44.2 Å². The molecule has 2 aromatic rings. The smallest absolute Gasteiger partial charge is 0.120 e. The van der Waals surface area contributed by atoms with Crippen molar-refractivity contribution in [3.05, 3.63) is 64.2 Å². The van der Waals surface area contributed by atoms with E-state index in [0.717, 1.165) is 18.6 Å². The van der Waals surface area contributed by atoms with E-state index >= 15 is 0 Å². The Hall–Kier alpha value is -1.80. The van der Waals surface area contributed by atoms with E-state index in [1.165, 1.54) is 27.8 Å². The first-order valence-corrected chi connectivity index (χ1v) is 7.20. The minimum absolute atomic E-state index is 0.207. The quantitative estimate of drug-likeness (QED) is 0.917. The van der Waals surface area contributed by atoms with Gasteiger partial charge >= 0.3 is 0 Å². The average Bonchev–Trinajstić information content (AvgIpc) is 2.77. The zero-order chi connectivity index (χ0) is 14.1. The summed E-state index contributed by atoms with van der Waals surface area (Å²) in [5.41, 5.74) is 12.5. The average molecular weight is 267 g/mol. The van der Waals surface area contributed by atoms with Crippen molar-refractivity contribution >= 4 is 0 Å². The van der Waals surface area contributed by atoms with E-state index in [0.29, 0.717) is 6.61 Å². The third-order valence-corrected chi connectivity index (χ3v) is 3.93. The largest absolute Gasteiger partial charge is 0.489 e. The lowest BCUT2D eigenvalue weighted by Gasteiger charge is -2.10. The third kappa shape index (κ3) is 2.70. The maximum Gasteiger partial charge on any atom is 0.120 e. The van der Waals surface area contributed by atoms with Gasteiger partial charge in [-0.1, -0.05) is 35.4 Å². The van der Waals surface area contributed by atoms with E-state index in [9.17, 15) is 0 Å². The summed E-state index contributed by atoms with van der Waals surface area (Å²) in [5.74, 6) is 0.942.